The number of aliphatic carboxylic acids is 1. The lowest BCUT2D eigenvalue weighted by atomic mass is 10.2. The lowest BCUT2D eigenvalue weighted by Crippen LogP contribution is -2.35. The fourth-order valence-electron chi connectivity index (χ4n) is 1.31. The number of rotatable bonds is 4. The van der Waals surface area contributed by atoms with Gasteiger partial charge in [-0.25, -0.2) is 0 Å². The van der Waals surface area contributed by atoms with Crippen molar-refractivity contribution in [3.63, 3.8) is 0 Å². The predicted molar refractivity (Wildman–Crippen MR) is 58.4 cm³/mol. The molecule has 1 aromatic rings. The van der Waals surface area contributed by atoms with Gasteiger partial charge in [-0.1, -0.05) is 13.0 Å². The molecule has 0 saturated heterocycles. The molecule has 2 N–H and O–H groups in total. The van der Waals surface area contributed by atoms with Crippen LogP contribution in [0.3, 0.4) is 0 Å². The summed E-state index contributed by atoms with van der Waals surface area (Å²) in [4.78, 5) is 23.3. The van der Waals surface area contributed by atoms with Gasteiger partial charge < -0.3 is 15.1 Å². The van der Waals surface area contributed by atoms with E-state index < -0.39 is 12.5 Å². The number of carbonyl (C=O) groups is 2. The molecule has 0 aliphatic carbocycles. The zero-order valence-corrected chi connectivity index (χ0v) is 8.88. The van der Waals surface area contributed by atoms with Crippen molar-refractivity contribution >= 4 is 17.6 Å². The molecule has 0 unspecified atom stereocenters. The Balaban J connectivity index is 3.00. The van der Waals surface area contributed by atoms with E-state index in [4.69, 9.17) is 5.11 Å². The molecule has 1 amide bonds. The maximum atomic E-state index is 11.5. The second kappa shape index (κ2) is 5.16. The number of hydrogen-bond donors (Lipinski definition) is 2. The van der Waals surface area contributed by atoms with Crippen LogP contribution in [0.15, 0.2) is 24.3 Å². The topological polar surface area (TPSA) is 77.8 Å². The molecule has 0 saturated carbocycles. The summed E-state index contributed by atoms with van der Waals surface area (Å²) in [7, 11) is 0. The van der Waals surface area contributed by atoms with Gasteiger partial charge in [0.15, 0.2) is 0 Å². The molecular weight excluding hydrogens is 210 g/mol. The Morgan fingerprint density at radius 1 is 1.38 bits per heavy atom. The van der Waals surface area contributed by atoms with Crippen molar-refractivity contribution in [2.24, 2.45) is 0 Å². The van der Waals surface area contributed by atoms with Gasteiger partial charge in [-0.05, 0) is 12.1 Å². The van der Waals surface area contributed by atoms with E-state index in [1.807, 2.05) is 0 Å². The second-order valence-corrected chi connectivity index (χ2v) is 3.25. The van der Waals surface area contributed by atoms with Crippen LogP contribution in [0.2, 0.25) is 0 Å². The maximum absolute atomic E-state index is 11.5. The van der Waals surface area contributed by atoms with Crippen LogP contribution in [0.25, 0.3) is 0 Å². The fourth-order valence-corrected chi connectivity index (χ4v) is 1.31. The molecule has 1 aromatic carbocycles. The molecule has 0 spiro atoms. The Bertz CT molecular complexity index is 403. The van der Waals surface area contributed by atoms with Crippen LogP contribution in [-0.2, 0) is 9.59 Å². The number of phenolic OH excluding ortho intramolecular Hbond substituents is 1. The number of hydrogen-bond acceptors (Lipinski definition) is 3. The summed E-state index contributed by atoms with van der Waals surface area (Å²) in [5, 5.41) is 18.0. The highest BCUT2D eigenvalue weighted by atomic mass is 16.4. The van der Waals surface area contributed by atoms with Crippen molar-refractivity contribution in [2.45, 2.75) is 13.3 Å². The zero-order valence-electron chi connectivity index (χ0n) is 8.88. The third kappa shape index (κ3) is 2.98. The highest BCUT2D eigenvalue weighted by Crippen LogP contribution is 2.20. The first-order chi connectivity index (χ1) is 7.54. The molecule has 0 aromatic heterocycles. The summed E-state index contributed by atoms with van der Waals surface area (Å²) >= 11 is 0. The molecule has 1 rings (SSSR count). The Labute approximate surface area is 92.9 Å². The lowest BCUT2D eigenvalue weighted by Gasteiger charge is -2.20. The number of carboxylic acid groups (broad SMARTS) is 1. The van der Waals surface area contributed by atoms with Crippen LogP contribution < -0.4 is 4.90 Å². The SMILES string of the molecule is CCC(=O)N(CC(=O)O)c1cccc(O)c1. The average molecular weight is 223 g/mol. The van der Waals surface area contributed by atoms with Crippen molar-refractivity contribution in [1.29, 1.82) is 0 Å². The molecule has 0 fully saturated rings. The van der Waals surface area contributed by atoms with Gasteiger partial charge in [0.1, 0.15) is 12.3 Å². The monoisotopic (exact) mass is 223 g/mol. The van der Waals surface area contributed by atoms with Crippen molar-refractivity contribution in [3.8, 4) is 5.75 Å². The second-order valence-electron chi connectivity index (χ2n) is 3.25. The van der Waals surface area contributed by atoms with Gasteiger partial charge in [0.2, 0.25) is 5.91 Å². The van der Waals surface area contributed by atoms with Crippen LogP contribution in [-0.4, -0.2) is 28.6 Å². The standard InChI is InChI=1S/C11H13NO4/c1-2-10(14)12(7-11(15)16)8-4-3-5-9(13)6-8/h3-6,13H,2,7H2,1H3,(H,15,16). The van der Waals surface area contributed by atoms with E-state index in [0.29, 0.717) is 5.69 Å². The minimum absolute atomic E-state index is 0.00297. The van der Waals surface area contributed by atoms with E-state index in [0.717, 1.165) is 4.90 Å². The van der Waals surface area contributed by atoms with Gasteiger partial charge in [-0.2, -0.15) is 0 Å². The minimum Gasteiger partial charge on any atom is -0.508 e. The highest BCUT2D eigenvalue weighted by molar-refractivity contribution is 5.97. The Hall–Kier alpha value is -2.04. The highest BCUT2D eigenvalue weighted by Gasteiger charge is 2.17. The summed E-state index contributed by atoms with van der Waals surface area (Å²) in [6.07, 6.45) is 0.211. The van der Waals surface area contributed by atoms with Crippen LogP contribution >= 0.6 is 0 Å². The number of phenols is 1. The van der Waals surface area contributed by atoms with Crippen molar-refractivity contribution in [3.05, 3.63) is 24.3 Å². The quantitative estimate of drug-likeness (QED) is 0.804. The first-order valence-corrected chi connectivity index (χ1v) is 4.85. The first kappa shape index (κ1) is 12.0. The minimum atomic E-state index is -1.09. The van der Waals surface area contributed by atoms with Gasteiger partial charge in [0.05, 0.1) is 0 Å². The molecular formula is C11H13NO4. The number of amides is 1. The van der Waals surface area contributed by atoms with E-state index in [2.05, 4.69) is 0 Å². The van der Waals surface area contributed by atoms with Crippen LogP contribution in [0.5, 0.6) is 5.75 Å². The van der Waals surface area contributed by atoms with Crippen LogP contribution in [0.1, 0.15) is 13.3 Å². The number of aromatic hydroxyl groups is 1. The third-order valence-corrected chi connectivity index (χ3v) is 2.04. The smallest absolute Gasteiger partial charge is 0.323 e. The number of carboxylic acids is 1. The van der Waals surface area contributed by atoms with E-state index in [9.17, 15) is 14.7 Å². The van der Waals surface area contributed by atoms with Gasteiger partial charge in [0, 0.05) is 18.2 Å². The van der Waals surface area contributed by atoms with E-state index in [-0.39, 0.29) is 18.1 Å². The largest absolute Gasteiger partial charge is 0.508 e. The number of nitrogens with zero attached hydrogens (tertiary/aromatic N) is 1. The van der Waals surface area contributed by atoms with Crippen molar-refractivity contribution in [1.82, 2.24) is 0 Å². The molecule has 86 valence electrons. The molecule has 5 nitrogen and oxygen atoms in total. The summed E-state index contributed by atoms with van der Waals surface area (Å²) in [6, 6.07) is 5.95. The summed E-state index contributed by atoms with van der Waals surface area (Å²) in [5.41, 5.74) is 0.384. The summed E-state index contributed by atoms with van der Waals surface area (Å²) in [5.74, 6) is -1.39. The number of anilines is 1. The van der Waals surface area contributed by atoms with E-state index in [1.165, 1.54) is 12.1 Å². The first-order valence-electron chi connectivity index (χ1n) is 4.85. The van der Waals surface area contributed by atoms with Crippen LogP contribution in [0, 0.1) is 0 Å². The normalized spacial score (nSPS) is 9.81. The van der Waals surface area contributed by atoms with Gasteiger partial charge in [-0.15, -0.1) is 0 Å². The Morgan fingerprint density at radius 3 is 2.56 bits per heavy atom. The van der Waals surface area contributed by atoms with Gasteiger partial charge >= 0.3 is 5.97 Å². The van der Waals surface area contributed by atoms with Crippen molar-refractivity contribution < 1.29 is 19.8 Å². The number of benzene rings is 1. The molecule has 0 radical (unpaired) electrons. The molecule has 5 heteroatoms. The van der Waals surface area contributed by atoms with Gasteiger partial charge in [-0.3, -0.25) is 9.59 Å². The predicted octanol–water partition coefficient (Wildman–Crippen LogP) is 1.22. The summed E-state index contributed by atoms with van der Waals surface area (Å²) in [6.45, 7) is 1.25. The van der Waals surface area contributed by atoms with E-state index >= 15 is 0 Å². The Morgan fingerprint density at radius 2 is 2.06 bits per heavy atom. The molecule has 16 heavy (non-hydrogen) atoms. The number of carbonyl (C=O) groups excluding carboxylic acids is 1. The molecule has 0 aliphatic heterocycles. The molecule has 0 aliphatic rings. The maximum Gasteiger partial charge on any atom is 0.323 e. The average Bonchev–Trinajstić information content (AvgIpc) is 2.24. The van der Waals surface area contributed by atoms with E-state index in [1.54, 1.807) is 19.1 Å². The lowest BCUT2D eigenvalue weighted by molar-refractivity contribution is -0.136. The molecule has 0 heterocycles. The Kier molecular flexibility index (Phi) is 3.88. The van der Waals surface area contributed by atoms with Gasteiger partial charge in [0.25, 0.3) is 0 Å². The summed E-state index contributed by atoms with van der Waals surface area (Å²) < 4.78 is 0. The fraction of sp³-hybridized carbons (Fsp3) is 0.273. The third-order valence-electron chi connectivity index (χ3n) is 2.04. The zero-order chi connectivity index (χ0) is 12.1. The van der Waals surface area contributed by atoms with Crippen molar-refractivity contribution in [2.75, 3.05) is 11.4 Å². The van der Waals surface area contributed by atoms with Crippen LogP contribution in [0.4, 0.5) is 5.69 Å². The molecule has 0 bridgehead atoms. The molecule has 0 atom stereocenters.